The van der Waals surface area contributed by atoms with Crippen molar-refractivity contribution < 1.29 is 9.13 Å². The molecule has 0 aromatic carbocycles. The van der Waals surface area contributed by atoms with E-state index in [9.17, 15) is 4.39 Å². The highest BCUT2D eigenvalue weighted by atomic mass is 32.2. The minimum atomic E-state index is -0.479. The lowest BCUT2D eigenvalue weighted by Crippen LogP contribution is -2.30. The summed E-state index contributed by atoms with van der Waals surface area (Å²) >= 11 is 1.53. The number of rotatable bonds is 2. The fourth-order valence-corrected chi connectivity index (χ4v) is 1.78. The van der Waals surface area contributed by atoms with Crippen LogP contribution in [0.3, 0.4) is 0 Å². The average molecular weight is 186 g/mol. The summed E-state index contributed by atoms with van der Waals surface area (Å²) in [5.41, 5.74) is 0. The van der Waals surface area contributed by atoms with Crippen LogP contribution < -0.4 is 0 Å². The van der Waals surface area contributed by atoms with E-state index in [0.717, 1.165) is 13.2 Å². The van der Waals surface area contributed by atoms with Crippen LogP contribution >= 0.6 is 11.8 Å². The van der Waals surface area contributed by atoms with Gasteiger partial charge >= 0.3 is 0 Å². The van der Waals surface area contributed by atoms with Gasteiger partial charge in [-0.2, -0.15) is 4.39 Å². The van der Waals surface area contributed by atoms with Gasteiger partial charge in [-0.1, -0.05) is 11.8 Å². The Morgan fingerprint density at radius 1 is 1.50 bits per heavy atom. The number of hydrogen-bond acceptors (Lipinski definition) is 4. The Kier molecular flexibility index (Phi) is 2.23. The molecule has 1 aliphatic heterocycles. The second-order valence-corrected chi connectivity index (χ2v) is 3.78. The summed E-state index contributed by atoms with van der Waals surface area (Å²) in [5, 5.41) is 1.11. The van der Waals surface area contributed by atoms with Crippen LogP contribution in [-0.4, -0.2) is 28.4 Å². The normalized spacial score (nSPS) is 17.4. The lowest BCUT2D eigenvalue weighted by Gasteiger charge is -2.24. The van der Waals surface area contributed by atoms with Crippen LogP contribution in [0.25, 0.3) is 0 Å². The smallest absolute Gasteiger partial charge is 0.217 e. The van der Waals surface area contributed by atoms with Gasteiger partial charge in [0.1, 0.15) is 11.4 Å². The van der Waals surface area contributed by atoms with Crippen molar-refractivity contribution in [3.8, 4) is 0 Å². The van der Waals surface area contributed by atoms with Crippen molar-refractivity contribution in [1.29, 1.82) is 0 Å². The molecule has 1 aliphatic rings. The third-order valence-electron chi connectivity index (χ3n) is 1.50. The Labute approximate surface area is 73.4 Å². The highest BCUT2D eigenvalue weighted by Crippen LogP contribution is 2.25. The highest BCUT2D eigenvalue weighted by molar-refractivity contribution is 8.00. The first-order valence-corrected chi connectivity index (χ1v) is 4.44. The van der Waals surface area contributed by atoms with Crippen LogP contribution in [0.2, 0.25) is 0 Å². The van der Waals surface area contributed by atoms with Gasteiger partial charge in [-0.25, -0.2) is 9.97 Å². The fourth-order valence-electron chi connectivity index (χ4n) is 0.835. The summed E-state index contributed by atoms with van der Waals surface area (Å²) in [5.74, 6) is -0.479. The molecule has 1 saturated heterocycles. The summed E-state index contributed by atoms with van der Waals surface area (Å²) in [6.07, 6.45) is 1.23. The zero-order chi connectivity index (χ0) is 8.39. The van der Waals surface area contributed by atoms with Crippen molar-refractivity contribution in [2.45, 2.75) is 10.3 Å². The number of aromatic nitrogens is 2. The van der Waals surface area contributed by atoms with Crippen molar-refractivity contribution in [2.75, 3.05) is 13.2 Å². The first kappa shape index (κ1) is 7.94. The number of hydrogen-bond donors (Lipinski definition) is 0. The molecule has 0 saturated carbocycles. The van der Waals surface area contributed by atoms with Gasteiger partial charge in [0.05, 0.1) is 18.5 Å². The van der Waals surface area contributed by atoms with Crippen LogP contribution in [0.4, 0.5) is 4.39 Å². The van der Waals surface area contributed by atoms with Gasteiger partial charge in [-0.15, -0.1) is 0 Å². The van der Waals surface area contributed by atoms with Gasteiger partial charge in [0.15, 0.2) is 0 Å². The summed E-state index contributed by atoms with van der Waals surface area (Å²) < 4.78 is 17.5. The Bertz CT molecular complexity index is 280. The molecule has 1 aromatic rings. The SMILES string of the molecule is Fc1cc(SC2COC2)ncn1. The van der Waals surface area contributed by atoms with Crippen LogP contribution in [-0.2, 0) is 4.74 Å². The number of nitrogens with zero attached hydrogens (tertiary/aromatic N) is 2. The zero-order valence-corrected chi connectivity index (χ0v) is 7.05. The van der Waals surface area contributed by atoms with Crippen molar-refractivity contribution in [3.63, 3.8) is 0 Å². The van der Waals surface area contributed by atoms with E-state index in [1.165, 1.54) is 24.2 Å². The van der Waals surface area contributed by atoms with Gasteiger partial charge in [-0.3, -0.25) is 0 Å². The van der Waals surface area contributed by atoms with Gasteiger partial charge in [0.25, 0.3) is 0 Å². The topological polar surface area (TPSA) is 35.0 Å². The minimum Gasteiger partial charge on any atom is -0.379 e. The minimum absolute atomic E-state index is 0.430. The predicted molar refractivity (Wildman–Crippen MR) is 42.5 cm³/mol. The van der Waals surface area contributed by atoms with E-state index in [1.54, 1.807) is 0 Å². The van der Waals surface area contributed by atoms with Gasteiger partial charge in [0, 0.05) is 6.07 Å². The van der Waals surface area contributed by atoms with Crippen molar-refractivity contribution in [3.05, 3.63) is 18.3 Å². The lowest BCUT2D eigenvalue weighted by molar-refractivity contribution is 0.0454. The van der Waals surface area contributed by atoms with E-state index >= 15 is 0 Å². The van der Waals surface area contributed by atoms with Gasteiger partial charge < -0.3 is 4.74 Å². The van der Waals surface area contributed by atoms with Crippen LogP contribution in [0.5, 0.6) is 0 Å². The molecule has 5 heteroatoms. The molecule has 0 N–H and O–H groups in total. The molecule has 3 nitrogen and oxygen atoms in total. The van der Waals surface area contributed by atoms with Crippen molar-refractivity contribution >= 4 is 11.8 Å². The Hall–Kier alpha value is -0.680. The summed E-state index contributed by atoms with van der Waals surface area (Å²) in [4.78, 5) is 7.29. The summed E-state index contributed by atoms with van der Waals surface area (Å²) in [6.45, 7) is 1.46. The molecule has 0 unspecified atom stereocenters. The molecule has 0 aliphatic carbocycles. The molecule has 0 radical (unpaired) electrons. The summed E-state index contributed by atoms with van der Waals surface area (Å²) in [6, 6.07) is 1.34. The Balaban J connectivity index is 2.02. The van der Waals surface area contributed by atoms with Crippen molar-refractivity contribution in [1.82, 2.24) is 9.97 Å². The number of ether oxygens (including phenoxy) is 1. The first-order chi connectivity index (χ1) is 5.84. The molecule has 64 valence electrons. The standard InChI is InChI=1S/C7H7FN2OS/c8-6-1-7(10-4-9-6)12-5-2-11-3-5/h1,4-5H,2-3H2. The molecule has 0 atom stereocenters. The maximum absolute atomic E-state index is 12.5. The van der Waals surface area contributed by atoms with Crippen molar-refractivity contribution in [2.24, 2.45) is 0 Å². The fraction of sp³-hybridized carbons (Fsp3) is 0.429. The monoisotopic (exact) mass is 186 g/mol. The van der Waals surface area contributed by atoms with Gasteiger partial charge in [-0.05, 0) is 0 Å². The molecule has 12 heavy (non-hydrogen) atoms. The largest absolute Gasteiger partial charge is 0.379 e. The second kappa shape index (κ2) is 3.37. The quantitative estimate of drug-likeness (QED) is 0.648. The second-order valence-electron chi connectivity index (χ2n) is 2.46. The summed E-state index contributed by atoms with van der Waals surface area (Å²) in [7, 11) is 0. The third kappa shape index (κ3) is 1.73. The van der Waals surface area contributed by atoms with E-state index in [2.05, 4.69) is 9.97 Å². The van der Waals surface area contributed by atoms with E-state index in [-0.39, 0.29) is 0 Å². The van der Waals surface area contributed by atoms with Crippen LogP contribution in [0.1, 0.15) is 0 Å². The molecule has 2 rings (SSSR count). The van der Waals surface area contributed by atoms with Crippen LogP contribution in [0.15, 0.2) is 17.4 Å². The molecule has 1 fully saturated rings. The van der Waals surface area contributed by atoms with Gasteiger partial charge in [0.2, 0.25) is 5.95 Å². The molecule has 0 amide bonds. The van der Waals surface area contributed by atoms with Crippen LogP contribution in [0, 0.1) is 5.95 Å². The van der Waals surface area contributed by atoms with E-state index in [0.29, 0.717) is 10.3 Å². The molecule has 0 spiro atoms. The number of halogens is 1. The first-order valence-electron chi connectivity index (χ1n) is 3.56. The maximum atomic E-state index is 12.5. The Morgan fingerprint density at radius 2 is 2.33 bits per heavy atom. The molecule has 1 aromatic heterocycles. The van der Waals surface area contributed by atoms with E-state index in [4.69, 9.17) is 4.74 Å². The lowest BCUT2D eigenvalue weighted by atomic mass is 10.4. The van der Waals surface area contributed by atoms with E-state index in [1.807, 2.05) is 0 Å². The highest BCUT2D eigenvalue weighted by Gasteiger charge is 2.20. The predicted octanol–water partition coefficient (Wildman–Crippen LogP) is 1.11. The average Bonchev–Trinajstić information content (AvgIpc) is 1.97. The molecule has 0 bridgehead atoms. The van der Waals surface area contributed by atoms with E-state index < -0.39 is 5.95 Å². The number of thioether (sulfide) groups is 1. The zero-order valence-electron chi connectivity index (χ0n) is 6.24. The molecular weight excluding hydrogens is 179 g/mol. The molecule has 2 heterocycles. The Morgan fingerprint density at radius 3 is 2.92 bits per heavy atom. The maximum Gasteiger partial charge on any atom is 0.217 e. The third-order valence-corrected chi connectivity index (χ3v) is 2.57. The molecular formula is C7H7FN2OS.